The van der Waals surface area contributed by atoms with Crippen LogP contribution in [0.25, 0.3) is 93.3 Å². The average Bonchev–Trinajstić information content (AvgIpc) is 3.90. The highest BCUT2D eigenvalue weighted by Crippen LogP contribution is 2.43. The lowest BCUT2D eigenvalue weighted by Gasteiger charge is -2.19. The van der Waals surface area contributed by atoms with Crippen LogP contribution in [0.1, 0.15) is 63.8 Å². The second kappa shape index (κ2) is 12.9. The molecule has 0 fully saturated rings. The molecule has 0 aliphatic carbocycles. The average molecular weight is 786 g/mol. The van der Waals surface area contributed by atoms with E-state index in [0.717, 1.165) is 71.1 Å². The summed E-state index contributed by atoms with van der Waals surface area (Å²) in [5.41, 5.74) is 12.0. The number of para-hydroxylation sites is 2. The Hall–Kier alpha value is -7.60. The van der Waals surface area contributed by atoms with Crippen LogP contribution in [0, 0.1) is 22.7 Å². The molecule has 61 heavy (non-hydrogen) atoms. The van der Waals surface area contributed by atoms with Crippen molar-refractivity contribution in [1.29, 1.82) is 10.5 Å². The molecule has 0 bridgehead atoms. The Morgan fingerprint density at radius 2 is 0.869 bits per heavy atom. The predicted octanol–water partition coefficient (Wildman–Crippen LogP) is 14.5. The first-order chi connectivity index (χ1) is 29.4. The van der Waals surface area contributed by atoms with Crippen molar-refractivity contribution >= 4 is 76.2 Å². The van der Waals surface area contributed by atoms with Crippen LogP contribution in [0.2, 0.25) is 0 Å². The Morgan fingerprint density at radius 3 is 1.43 bits per heavy atom. The molecule has 0 spiro atoms. The van der Waals surface area contributed by atoms with Gasteiger partial charge in [0.25, 0.3) is 0 Å². The largest absolute Gasteiger partial charge is 0.309 e. The number of fused-ring (bicyclic) bond motifs is 11. The van der Waals surface area contributed by atoms with Crippen molar-refractivity contribution in [1.82, 2.24) is 13.7 Å². The summed E-state index contributed by atoms with van der Waals surface area (Å²) in [6.45, 7) is 13.4. The summed E-state index contributed by atoms with van der Waals surface area (Å²) in [5, 5.41) is 31.3. The van der Waals surface area contributed by atoms with Gasteiger partial charge in [-0.15, -0.1) is 0 Å². The minimum Gasteiger partial charge on any atom is -0.309 e. The van der Waals surface area contributed by atoms with Gasteiger partial charge in [-0.2, -0.15) is 10.5 Å². The lowest BCUT2D eigenvalue weighted by atomic mass is 9.85. The summed E-state index contributed by atoms with van der Waals surface area (Å²) >= 11 is 0. The standard InChI is InChI=1S/C56H43N5/c1-55(2,3)36-20-24-48-42(29-36)43-30-37(56(4,5)6)21-25-49(43)60(48)52-27-34(32-57)28-53(45(52)33-58)61-50-26-22-38(31-44(50)54-39-14-8-7-13-35(39)19-23-51(54)61)59-46-17-11-9-15-40(46)41-16-10-12-18-47(41)59/h7-31H,1-6H3. The van der Waals surface area contributed by atoms with Crippen molar-refractivity contribution in [2.24, 2.45) is 0 Å². The molecule has 0 aliphatic rings. The third kappa shape index (κ3) is 5.37. The zero-order valence-electron chi connectivity index (χ0n) is 35.2. The van der Waals surface area contributed by atoms with Crippen LogP contribution in [0.15, 0.2) is 152 Å². The van der Waals surface area contributed by atoms with Gasteiger partial charge in [-0.3, -0.25) is 0 Å². The number of hydrogen-bond donors (Lipinski definition) is 0. The zero-order valence-corrected chi connectivity index (χ0v) is 35.2. The normalized spacial score (nSPS) is 12.4. The number of benzene rings is 8. The number of nitrogens with zero attached hydrogens (tertiary/aromatic N) is 5. The molecule has 5 nitrogen and oxygen atoms in total. The first kappa shape index (κ1) is 36.5. The second-order valence-electron chi connectivity index (χ2n) is 18.5. The molecule has 0 saturated carbocycles. The van der Waals surface area contributed by atoms with Crippen molar-refractivity contribution in [3.63, 3.8) is 0 Å². The highest BCUT2D eigenvalue weighted by molar-refractivity contribution is 6.22. The van der Waals surface area contributed by atoms with E-state index in [-0.39, 0.29) is 10.8 Å². The maximum Gasteiger partial charge on any atom is 0.104 e. The van der Waals surface area contributed by atoms with Gasteiger partial charge in [0.2, 0.25) is 0 Å². The summed E-state index contributed by atoms with van der Waals surface area (Å²) in [6.07, 6.45) is 0. The molecule has 3 heterocycles. The van der Waals surface area contributed by atoms with E-state index in [2.05, 4.69) is 207 Å². The minimum atomic E-state index is -0.0575. The van der Waals surface area contributed by atoms with E-state index in [1.165, 1.54) is 21.9 Å². The molecule has 8 aromatic carbocycles. The number of nitriles is 2. The SMILES string of the molecule is CC(C)(C)c1ccc2c(c1)c1cc(C(C)(C)C)ccc1n2-c1cc(C#N)cc(-n2c3ccc(-n4c5ccccc5c5ccccc54)cc3c3c4ccccc4ccc32)c1C#N. The fourth-order valence-electron chi connectivity index (χ4n) is 9.74. The number of hydrogen-bond acceptors (Lipinski definition) is 2. The molecule has 0 amide bonds. The van der Waals surface area contributed by atoms with Gasteiger partial charge in [-0.25, -0.2) is 0 Å². The quantitative estimate of drug-likeness (QED) is 0.179. The minimum absolute atomic E-state index is 0.0575. The molecule has 11 rings (SSSR count). The molecule has 292 valence electrons. The Kier molecular flexibility index (Phi) is 7.74. The Morgan fingerprint density at radius 1 is 0.393 bits per heavy atom. The zero-order chi connectivity index (χ0) is 41.9. The van der Waals surface area contributed by atoms with Crippen LogP contribution in [0.4, 0.5) is 0 Å². The van der Waals surface area contributed by atoms with E-state index in [1.807, 2.05) is 12.1 Å². The van der Waals surface area contributed by atoms with Crippen LogP contribution in [0.5, 0.6) is 0 Å². The first-order valence-electron chi connectivity index (χ1n) is 21.0. The fraction of sp³-hybridized carbons (Fsp3) is 0.143. The predicted molar refractivity (Wildman–Crippen MR) is 254 cm³/mol. The number of rotatable bonds is 3. The molecule has 11 aromatic rings. The van der Waals surface area contributed by atoms with E-state index < -0.39 is 0 Å². The van der Waals surface area contributed by atoms with E-state index in [1.54, 1.807) is 0 Å². The molecule has 0 saturated heterocycles. The highest BCUT2D eigenvalue weighted by Gasteiger charge is 2.26. The molecule has 0 aliphatic heterocycles. The molecule has 3 aromatic heterocycles. The molecular weight excluding hydrogens is 743 g/mol. The van der Waals surface area contributed by atoms with Gasteiger partial charge in [-0.05, 0) is 106 Å². The summed E-state index contributed by atoms with van der Waals surface area (Å²) in [4.78, 5) is 0. The second-order valence-corrected chi connectivity index (χ2v) is 18.5. The van der Waals surface area contributed by atoms with Gasteiger partial charge in [0.15, 0.2) is 0 Å². The third-order valence-electron chi connectivity index (χ3n) is 12.8. The summed E-state index contributed by atoms with van der Waals surface area (Å²) in [7, 11) is 0. The Balaban J connectivity index is 1.25. The van der Waals surface area contributed by atoms with Crippen molar-refractivity contribution in [3.05, 3.63) is 174 Å². The maximum atomic E-state index is 11.4. The van der Waals surface area contributed by atoms with Crippen molar-refractivity contribution in [2.75, 3.05) is 0 Å². The van der Waals surface area contributed by atoms with Gasteiger partial charge < -0.3 is 13.7 Å². The molecule has 0 radical (unpaired) electrons. The fourth-order valence-corrected chi connectivity index (χ4v) is 9.74. The van der Waals surface area contributed by atoms with Gasteiger partial charge in [0.1, 0.15) is 11.6 Å². The molecule has 0 N–H and O–H groups in total. The van der Waals surface area contributed by atoms with E-state index in [0.29, 0.717) is 22.5 Å². The van der Waals surface area contributed by atoms with E-state index in [9.17, 15) is 10.5 Å². The Labute approximate surface area is 354 Å². The van der Waals surface area contributed by atoms with E-state index >= 15 is 0 Å². The van der Waals surface area contributed by atoms with Crippen molar-refractivity contribution in [2.45, 2.75) is 52.4 Å². The van der Waals surface area contributed by atoms with Crippen molar-refractivity contribution < 1.29 is 0 Å². The summed E-state index contributed by atoms with van der Waals surface area (Å²) in [6, 6.07) is 59.0. The third-order valence-corrected chi connectivity index (χ3v) is 12.8. The molecule has 0 atom stereocenters. The molecule has 5 heteroatoms. The molecule has 0 unspecified atom stereocenters. The van der Waals surface area contributed by atoms with Crippen LogP contribution in [0.3, 0.4) is 0 Å². The summed E-state index contributed by atoms with van der Waals surface area (Å²) in [5.74, 6) is 0. The lowest BCUT2D eigenvalue weighted by Crippen LogP contribution is -2.10. The van der Waals surface area contributed by atoms with Crippen LogP contribution in [-0.2, 0) is 10.8 Å². The smallest absolute Gasteiger partial charge is 0.104 e. The number of aromatic nitrogens is 3. The van der Waals surface area contributed by atoms with Crippen molar-refractivity contribution in [3.8, 4) is 29.2 Å². The summed E-state index contributed by atoms with van der Waals surface area (Å²) < 4.78 is 6.76. The topological polar surface area (TPSA) is 62.4 Å². The molecular formula is C56H43N5. The highest BCUT2D eigenvalue weighted by atomic mass is 15.0. The van der Waals surface area contributed by atoms with Gasteiger partial charge in [0.05, 0.1) is 56.1 Å². The maximum absolute atomic E-state index is 11.4. The van der Waals surface area contributed by atoms with Gasteiger partial charge in [-0.1, -0.05) is 120 Å². The van der Waals surface area contributed by atoms with Crippen LogP contribution >= 0.6 is 0 Å². The monoisotopic (exact) mass is 785 g/mol. The van der Waals surface area contributed by atoms with E-state index in [4.69, 9.17) is 0 Å². The lowest BCUT2D eigenvalue weighted by molar-refractivity contribution is 0.590. The van der Waals surface area contributed by atoms with Crippen LogP contribution < -0.4 is 0 Å². The van der Waals surface area contributed by atoms with Gasteiger partial charge >= 0.3 is 0 Å². The Bertz CT molecular complexity index is 3620. The van der Waals surface area contributed by atoms with Gasteiger partial charge in [0, 0.05) is 38.0 Å². The van der Waals surface area contributed by atoms with Crippen LogP contribution in [-0.4, -0.2) is 13.7 Å². The first-order valence-corrected chi connectivity index (χ1v) is 21.0.